The fourth-order valence-electron chi connectivity index (χ4n) is 1.97. The molecule has 0 spiro atoms. The molecule has 0 N–H and O–H groups in total. The van der Waals surface area contributed by atoms with Gasteiger partial charge in [-0.2, -0.15) is 0 Å². The Morgan fingerprint density at radius 1 is 1.40 bits per heavy atom. The molecule has 0 saturated carbocycles. The monoisotopic (exact) mass is 222 g/mol. The van der Waals surface area contributed by atoms with Crippen molar-refractivity contribution in [3.05, 3.63) is 28.5 Å². The van der Waals surface area contributed by atoms with Crippen molar-refractivity contribution < 1.29 is 0 Å². The summed E-state index contributed by atoms with van der Waals surface area (Å²) in [5, 5.41) is 0.568. The Hall–Kier alpha value is -0.890. The van der Waals surface area contributed by atoms with E-state index in [1.807, 2.05) is 18.3 Å². The van der Waals surface area contributed by atoms with Gasteiger partial charge in [0.05, 0.1) is 11.2 Å². The largest absolute Gasteiger partial charge is 0.286 e. The van der Waals surface area contributed by atoms with Crippen molar-refractivity contribution in [1.29, 1.82) is 0 Å². The maximum atomic E-state index is 5.94. The molecule has 1 aliphatic rings. The average molecular weight is 223 g/mol. The lowest BCUT2D eigenvalue weighted by molar-refractivity contribution is 0.528. The summed E-state index contributed by atoms with van der Waals surface area (Å²) in [5.41, 5.74) is 2.12. The van der Waals surface area contributed by atoms with Crippen LogP contribution in [-0.2, 0) is 5.54 Å². The van der Waals surface area contributed by atoms with Gasteiger partial charge >= 0.3 is 0 Å². The van der Waals surface area contributed by atoms with Gasteiger partial charge in [-0.3, -0.25) is 4.99 Å². The van der Waals surface area contributed by atoms with Gasteiger partial charge in [0, 0.05) is 17.7 Å². The number of aromatic nitrogens is 1. The summed E-state index contributed by atoms with van der Waals surface area (Å²) in [4.78, 5) is 9.01. The van der Waals surface area contributed by atoms with Crippen LogP contribution in [0, 0.1) is 0 Å². The van der Waals surface area contributed by atoms with Crippen molar-refractivity contribution >= 4 is 17.8 Å². The minimum Gasteiger partial charge on any atom is -0.286 e. The summed E-state index contributed by atoms with van der Waals surface area (Å²) >= 11 is 5.94. The number of aliphatic imine (C=N–C) groups is 1. The molecule has 2 nitrogen and oxygen atoms in total. The SMILES string of the molecule is CCC1C=NC(C)(C)c2ccc(Cl)nc21. The summed E-state index contributed by atoms with van der Waals surface area (Å²) in [7, 11) is 0. The van der Waals surface area contributed by atoms with Crippen molar-refractivity contribution in [3.8, 4) is 0 Å². The predicted octanol–water partition coefficient (Wildman–Crippen LogP) is 3.55. The minimum atomic E-state index is -0.168. The molecule has 0 amide bonds. The van der Waals surface area contributed by atoms with Crippen LogP contribution in [0.1, 0.15) is 44.4 Å². The van der Waals surface area contributed by atoms with Gasteiger partial charge in [-0.25, -0.2) is 4.98 Å². The lowest BCUT2D eigenvalue weighted by Gasteiger charge is -2.30. The number of halogens is 1. The molecule has 2 heterocycles. The fourth-order valence-corrected chi connectivity index (χ4v) is 2.12. The number of fused-ring (bicyclic) bond motifs is 1. The summed E-state index contributed by atoms with van der Waals surface area (Å²) < 4.78 is 0. The van der Waals surface area contributed by atoms with Crippen LogP contribution in [-0.4, -0.2) is 11.2 Å². The van der Waals surface area contributed by atoms with E-state index in [1.165, 1.54) is 5.56 Å². The van der Waals surface area contributed by atoms with Crippen LogP contribution < -0.4 is 0 Å². The minimum absolute atomic E-state index is 0.168. The lowest BCUT2D eigenvalue weighted by Crippen LogP contribution is -2.24. The van der Waals surface area contributed by atoms with Gasteiger partial charge in [0.2, 0.25) is 0 Å². The molecule has 2 rings (SSSR count). The van der Waals surface area contributed by atoms with Crippen molar-refractivity contribution in [2.45, 2.75) is 38.6 Å². The zero-order valence-electron chi connectivity index (χ0n) is 9.29. The van der Waals surface area contributed by atoms with E-state index in [-0.39, 0.29) is 5.54 Å². The van der Waals surface area contributed by atoms with E-state index in [4.69, 9.17) is 11.6 Å². The van der Waals surface area contributed by atoms with Crippen molar-refractivity contribution in [2.24, 2.45) is 4.99 Å². The fraction of sp³-hybridized carbons (Fsp3) is 0.500. The summed E-state index contributed by atoms with van der Waals surface area (Å²) in [6, 6.07) is 3.89. The highest BCUT2D eigenvalue weighted by Gasteiger charge is 2.30. The van der Waals surface area contributed by atoms with E-state index in [2.05, 4.69) is 30.7 Å². The molecule has 0 radical (unpaired) electrons. The second kappa shape index (κ2) is 3.60. The van der Waals surface area contributed by atoms with Gasteiger partial charge < -0.3 is 0 Å². The van der Waals surface area contributed by atoms with Gasteiger partial charge in [-0.05, 0) is 26.3 Å². The van der Waals surface area contributed by atoms with Crippen molar-refractivity contribution in [3.63, 3.8) is 0 Å². The summed E-state index contributed by atoms with van der Waals surface area (Å²) in [6.45, 7) is 6.34. The smallest absolute Gasteiger partial charge is 0.129 e. The molecule has 0 bridgehead atoms. The van der Waals surface area contributed by atoms with Crippen LogP contribution in [0.15, 0.2) is 17.1 Å². The molecule has 3 heteroatoms. The first kappa shape index (κ1) is 10.6. The van der Waals surface area contributed by atoms with Crippen LogP contribution in [0.2, 0.25) is 5.15 Å². The lowest BCUT2D eigenvalue weighted by atomic mass is 9.85. The summed E-state index contributed by atoms with van der Waals surface area (Å²) in [6.07, 6.45) is 3.02. The van der Waals surface area contributed by atoms with Gasteiger partial charge in [0.15, 0.2) is 0 Å². The normalized spacial score (nSPS) is 22.5. The number of pyridine rings is 1. The molecule has 1 aromatic heterocycles. The summed E-state index contributed by atoms with van der Waals surface area (Å²) in [5.74, 6) is 0.312. The molecule has 0 fully saturated rings. The van der Waals surface area contributed by atoms with Crippen molar-refractivity contribution in [2.75, 3.05) is 0 Å². The number of nitrogens with zero attached hydrogens (tertiary/aromatic N) is 2. The Balaban J connectivity index is 2.59. The molecule has 1 atom stereocenters. The Morgan fingerprint density at radius 2 is 2.13 bits per heavy atom. The van der Waals surface area contributed by atoms with Gasteiger partial charge in [0.25, 0.3) is 0 Å². The molecule has 1 aromatic rings. The topological polar surface area (TPSA) is 25.2 Å². The molecular weight excluding hydrogens is 208 g/mol. The van der Waals surface area contributed by atoms with Crippen molar-refractivity contribution in [1.82, 2.24) is 4.98 Å². The molecule has 1 aliphatic heterocycles. The van der Waals surface area contributed by atoms with E-state index >= 15 is 0 Å². The Morgan fingerprint density at radius 3 is 2.80 bits per heavy atom. The molecule has 0 aliphatic carbocycles. The highest BCUT2D eigenvalue weighted by Crippen LogP contribution is 2.36. The third-order valence-corrected chi connectivity index (χ3v) is 3.13. The molecule has 80 valence electrons. The Labute approximate surface area is 95.4 Å². The van der Waals surface area contributed by atoms with Crippen LogP contribution in [0.25, 0.3) is 0 Å². The predicted molar refractivity (Wildman–Crippen MR) is 63.8 cm³/mol. The van der Waals surface area contributed by atoms with E-state index in [1.54, 1.807) is 0 Å². The molecule has 1 unspecified atom stereocenters. The van der Waals surface area contributed by atoms with E-state index < -0.39 is 0 Å². The van der Waals surface area contributed by atoms with Gasteiger partial charge in [-0.15, -0.1) is 0 Å². The second-order valence-electron chi connectivity index (χ2n) is 4.42. The maximum Gasteiger partial charge on any atom is 0.129 e. The third kappa shape index (κ3) is 1.78. The number of rotatable bonds is 1. The highest BCUT2D eigenvalue weighted by molar-refractivity contribution is 6.29. The highest BCUT2D eigenvalue weighted by atomic mass is 35.5. The van der Waals surface area contributed by atoms with Crippen LogP contribution in [0.4, 0.5) is 0 Å². The average Bonchev–Trinajstić information content (AvgIpc) is 2.17. The second-order valence-corrected chi connectivity index (χ2v) is 4.81. The third-order valence-electron chi connectivity index (χ3n) is 2.92. The molecular formula is C12H15ClN2. The maximum absolute atomic E-state index is 5.94. The van der Waals surface area contributed by atoms with Crippen LogP contribution in [0.3, 0.4) is 0 Å². The first-order valence-corrected chi connectivity index (χ1v) is 5.64. The number of hydrogen-bond donors (Lipinski definition) is 0. The van der Waals surface area contributed by atoms with Gasteiger partial charge in [0.1, 0.15) is 5.15 Å². The molecule has 0 aromatic carbocycles. The van der Waals surface area contributed by atoms with Gasteiger partial charge in [-0.1, -0.05) is 24.6 Å². The zero-order chi connectivity index (χ0) is 11.1. The molecule has 15 heavy (non-hydrogen) atoms. The van der Waals surface area contributed by atoms with E-state index in [0.717, 1.165) is 12.1 Å². The zero-order valence-corrected chi connectivity index (χ0v) is 10.0. The Bertz CT molecular complexity index is 410. The molecule has 0 saturated heterocycles. The van der Waals surface area contributed by atoms with E-state index in [9.17, 15) is 0 Å². The van der Waals surface area contributed by atoms with Crippen LogP contribution >= 0.6 is 11.6 Å². The standard InChI is InChI=1S/C12H15ClN2/c1-4-8-7-14-12(2,3)9-5-6-10(13)15-11(8)9/h5-8H,4H2,1-3H3. The quantitative estimate of drug-likeness (QED) is 0.668. The van der Waals surface area contributed by atoms with E-state index in [0.29, 0.717) is 11.1 Å². The number of hydrogen-bond acceptors (Lipinski definition) is 2. The van der Waals surface area contributed by atoms with Crippen LogP contribution in [0.5, 0.6) is 0 Å². The first-order valence-electron chi connectivity index (χ1n) is 5.27. The first-order chi connectivity index (χ1) is 7.04. The Kier molecular flexibility index (Phi) is 2.55.